The van der Waals surface area contributed by atoms with Gasteiger partial charge in [0.1, 0.15) is 0 Å². The van der Waals surface area contributed by atoms with Gasteiger partial charge < -0.3 is 10.2 Å². The van der Waals surface area contributed by atoms with E-state index in [1.807, 2.05) is 11.9 Å². The highest BCUT2D eigenvalue weighted by molar-refractivity contribution is 5.84. The molecular weight excluding hydrogens is 176 g/mol. The second-order valence-electron chi connectivity index (χ2n) is 4.29. The minimum absolute atomic E-state index is 0.0570. The van der Waals surface area contributed by atoms with Crippen LogP contribution in [0, 0.1) is 5.92 Å². The summed E-state index contributed by atoms with van der Waals surface area (Å²) in [5.74, 6) is 0.870. The Morgan fingerprint density at radius 2 is 2.21 bits per heavy atom. The molecule has 0 spiro atoms. The average Bonchev–Trinajstić information content (AvgIpc) is 2.57. The molecule has 3 unspecified atom stereocenters. The van der Waals surface area contributed by atoms with Gasteiger partial charge in [-0.05, 0) is 26.3 Å². The first-order valence-corrected chi connectivity index (χ1v) is 5.59. The normalized spacial score (nSPS) is 26.7. The SMILES string of the molecule is CCC(C)C(C)N1CCC(NC)C1=O. The number of hydrogen-bond acceptors (Lipinski definition) is 2. The quantitative estimate of drug-likeness (QED) is 0.737. The minimum atomic E-state index is 0.0570. The highest BCUT2D eigenvalue weighted by Gasteiger charge is 2.34. The first-order valence-electron chi connectivity index (χ1n) is 5.59. The summed E-state index contributed by atoms with van der Waals surface area (Å²) >= 11 is 0. The number of likely N-dealkylation sites (tertiary alicyclic amines) is 1. The van der Waals surface area contributed by atoms with E-state index in [0.717, 1.165) is 19.4 Å². The maximum atomic E-state index is 11.9. The summed E-state index contributed by atoms with van der Waals surface area (Å²) in [6, 6.07) is 0.437. The predicted octanol–water partition coefficient (Wildman–Crippen LogP) is 1.24. The molecule has 1 heterocycles. The Labute approximate surface area is 86.9 Å². The van der Waals surface area contributed by atoms with E-state index in [1.165, 1.54) is 0 Å². The van der Waals surface area contributed by atoms with Gasteiger partial charge in [-0.25, -0.2) is 0 Å². The van der Waals surface area contributed by atoms with E-state index < -0.39 is 0 Å². The van der Waals surface area contributed by atoms with Crippen LogP contribution in [0.2, 0.25) is 0 Å². The van der Waals surface area contributed by atoms with Gasteiger partial charge >= 0.3 is 0 Å². The maximum absolute atomic E-state index is 11.9. The Bertz CT molecular complexity index is 205. The van der Waals surface area contributed by atoms with Crippen molar-refractivity contribution in [3.05, 3.63) is 0 Å². The monoisotopic (exact) mass is 198 g/mol. The third-order valence-corrected chi connectivity index (χ3v) is 3.55. The topological polar surface area (TPSA) is 32.3 Å². The summed E-state index contributed by atoms with van der Waals surface area (Å²) < 4.78 is 0. The summed E-state index contributed by atoms with van der Waals surface area (Å²) in [7, 11) is 1.86. The van der Waals surface area contributed by atoms with Crippen molar-refractivity contribution in [2.75, 3.05) is 13.6 Å². The van der Waals surface area contributed by atoms with E-state index in [-0.39, 0.29) is 11.9 Å². The molecule has 1 rings (SSSR count). The largest absolute Gasteiger partial charge is 0.338 e. The van der Waals surface area contributed by atoms with Gasteiger partial charge in [-0.15, -0.1) is 0 Å². The number of nitrogens with one attached hydrogen (secondary N) is 1. The molecule has 3 heteroatoms. The zero-order valence-corrected chi connectivity index (χ0v) is 9.71. The van der Waals surface area contributed by atoms with Crippen molar-refractivity contribution >= 4 is 5.91 Å². The van der Waals surface area contributed by atoms with Gasteiger partial charge in [-0.3, -0.25) is 4.79 Å². The lowest BCUT2D eigenvalue weighted by Crippen LogP contribution is -2.43. The fourth-order valence-electron chi connectivity index (χ4n) is 2.02. The average molecular weight is 198 g/mol. The van der Waals surface area contributed by atoms with Crippen molar-refractivity contribution in [1.29, 1.82) is 0 Å². The van der Waals surface area contributed by atoms with E-state index in [0.29, 0.717) is 12.0 Å². The molecule has 1 fully saturated rings. The Morgan fingerprint density at radius 3 is 2.64 bits per heavy atom. The maximum Gasteiger partial charge on any atom is 0.240 e. The zero-order valence-electron chi connectivity index (χ0n) is 9.71. The molecule has 0 aromatic heterocycles. The van der Waals surface area contributed by atoms with E-state index in [9.17, 15) is 4.79 Å². The van der Waals surface area contributed by atoms with Crippen LogP contribution >= 0.6 is 0 Å². The summed E-state index contributed by atoms with van der Waals surface area (Å²) in [4.78, 5) is 13.9. The lowest BCUT2D eigenvalue weighted by molar-refractivity contribution is -0.131. The molecular formula is C11H22N2O. The van der Waals surface area contributed by atoms with Crippen molar-refractivity contribution < 1.29 is 4.79 Å². The molecule has 0 aliphatic carbocycles. The van der Waals surface area contributed by atoms with Crippen molar-refractivity contribution in [2.45, 2.75) is 45.7 Å². The molecule has 82 valence electrons. The molecule has 0 aromatic carbocycles. The third-order valence-electron chi connectivity index (χ3n) is 3.55. The standard InChI is InChI=1S/C11H22N2O/c1-5-8(2)9(3)13-7-6-10(12-4)11(13)14/h8-10,12H,5-7H2,1-4H3. The van der Waals surface area contributed by atoms with Gasteiger partial charge in [0, 0.05) is 12.6 Å². The molecule has 14 heavy (non-hydrogen) atoms. The number of amides is 1. The van der Waals surface area contributed by atoms with Crippen LogP contribution in [0.1, 0.15) is 33.6 Å². The van der Waals surface area contributed by atoms with Gasteiger partial charge in [-0.1, -0.05) is 20.3 Å². The van der Waals surface area contributed by atoms with Crippen LogP contribution in [-0.4, -0.2) is 36.5 Å². The Balaban J connectivity index is 2.58. The fourth-order valence-corrected chi connectivity index (χ4v) is 2.02. The Morgan fingerprint density at radius 1 is 1.57 bits per heavy atom. The molecule has 3 atom stereocenters. The van der Waals surface area contributed by atoms with Crippen LogP contribution in [0.3, 0.4) is 0 Å². The van der Waals surface area contributed by atoms with Crippen LogP contribution in [0.15, 0.2) is 0 Å². The van der Waals surface area contributed by atoms with Crippen LogP contribution in [0.4, 0.5) is 0 Å². The van der Waals surface area contributed by atoms with Gasteiger partial charge in [-0.2, -0.15) is 0 Å². The van der Waals surface area contributed by atoms with Crippen LogP contribution in [0.5, 0.6) is 0 Å². The number of likely N-dealkylation sites (N-methyl/N-ethyl adjacent to an activating group) is 1. The van der Waals surface area contributed by atoms with Crippen LogP contribution in [-0.2, 0) is 4.79 Å². The fraction of sp³-hybridized carbons (Fsp3) is 0.909. The first-order chi connectivity index (χ1) is 6.61. The molecule has 1 amide bonds. The number of carbonyl (C=O) groups is 1. The summed E-state index contributed by atoms with van der Waals surface area (Å²) in [6.07, 6.45) is 2.09. The van der Waals surface area contributed by atoms with Gasteiger partial charge in [0.05, 0.1) is 6.04 Å². The summed E-state index contributed by atoms with van der Waals surface area (Å²) in [5.41, 5.74) is 0. The molecule has 1 saturated heterocycles. The molecule has 1 aliphatic heterocycles. The van der Waals surface area contributed by atoms with Crippen molar-refractivity contribution in [2.24, 2.45) is 5.92 Å². The lowest BCUT2D eigenvalue weighted by atomic mass is 10.00. The molecule has 0 saturated carbocycles. The second kappa shape index (κ2) is 4.78. The van der Waals surface area contributed by atoms with E-state index in [4.69, 9.17) is 0 Å². The Kier molecular flexibility index (Phi) is 3.93. The molecule has 0 radical (unpaired) electrons. The number of carbonyl (C=O) groups excluding carboxylic acids is 1. The Hall–Kier alpha value is -0.570. The van der Waals surface area contributed by atoms with Crippen LogP contribution in [0.25, 0.3) is 0 Å². The minimum Gasteiger partial charge on any atom is -0.338 e. The van der Waals surface area contributed by atoms with Gasteiger partial charge in [0.2, 0.25) is 5.91 Å². The second-order valence-corrected chi connectivity index (χ2v) is 4.29. The number of nitrogens with zero attached hydrogens (tertiary/aromatic N) is 1. The van der Waals surface area contributed by atoms with Crippen molar-refractivity contribution in [1.82, 2.24) is 10.2 Å². The van der Waals surface area contributed by atoms with E-state index in [1.54, 1.807) is 0 Å². The molecule has 3 nitrogen and oxygen atoms in total. The van der Waals surface area contributed by atoms with E-state index in [2.05, 4.69) is 26.1 Å². The van der Waals surface area contributed by atoms with Crippen molar-refractivity contribution in [3.8, 4) is 0 Å². The molecule has 0 bridgehead atoms. The highest BCUT2D eigenvalue weighted by Crippen LogP contribution is 2.20. The van der Waals surface area contributed by atoms with Gasteiger partial charge in [0.25, 0.3) is 0 Å². The van der Waals surface area contributed by atoms with Crippen LogP contribution < -0.4 is 5.32 Å². The zero-order chi connectivity index (χ0) is 10.7. The predicted molar refractivity (Wildman–Crippen MR) is 58.1 cm³/mol. The molecule has 0 aromatic rings. The van der Waals surface area contributed by atoms with Gasteiger partial charge in [0.15, 0.2) is 0 Å². The first kappa shape index (κ1) is 11.5. The molecule has 1 N–H and O–H groups in total. The highest BCUT2D eigenvalue weighted by atomic mass is 16.2. The summed E-state index contributed by atoms with van der Waals surface area (Å²) in [5, 5.41) is 3.06. The molecule has 1 aliphatic rings. The summed E-state index contributed by atoms with van der Waals surface area (Å²) in [6.45, 7) is 7.46. The third kappa shape index (κ3) is 2.08. The number of rotatable bonds is 4. The van der Waals surface area contributed by atoms with E-state index >= 15 is 0 Å². The van der Waals surface area contributed by atoms with Crippen molar-refractivity contribution in [3.63, 3.8) is 0 Å². The lowest BCUT2D eigenvalue weighted by Gasteiger charge is -2.29. The smallest absolute Gasteiger partial charge is 0.240 e. The number of hydrogen-bond donors (Lipinski definition) is 1.